The number of esters is 1. The number of anilines is 1. The number of methoxy groups -OCH3 is 1. The maximum Gasteiger partial charge on any atom is 0.337 e. The van der Waals surface area contributed by atoms with Crippen molar-refractivity contribution < 1.29 is 27.5 Å². The number of aryl methyl sites for hydroxylation is 1. The molecule has 9 heteroatoms. The minimum Gasteiger partial charge on any atom is -0.465 e. The molecule has 1 N–H and O–H groups in total. The Morgan fingerprint density at radius 1 is 1.10 bits per heavy atom. The molecule has 3 rings (SSSR count). The molecule has 1 fully saturated rings. The Labute approximate surface area is 169 Å². The Bertz CT molecular complexity index is 1030. The first-order valence-electron chi connectivity index (χ1n) is 9.01. The molecule has 0 saturated carbocycles. The number of morpholine rings is 1. The molecule has 0 radical (unpaired) electrons. The lowest BCUT2D eigenvalue weighted by atomic mass is 10.1. The second kappa shape index (κ2) is 8.62. The van der Waals surface area contributed by atoms with Gasteiger partial charge in [0.1, 0.15) is 0 Å². The summed E-state index contributed by atoms with van der Waals surface area (Å²) in [5.41, 5.74) is 1.00. The van der Waals surface area contributed by atoms with Crippen LogP contribution >= 0.6 is 0 Å². The quantitative estimate of drug-likeness (QED) is 0.746. The van der Waals surface area contributed by atoms with Gasteiger partial charge in [0.05, 0.1) is 42.0 Å². The minimum absolute atomic E-state index is 0.0611. The second-order valence-electron chi connectivity index (χ2n) is 6.53. The van der Waals surface area contributed by atoms with Crippen molar-refractivity contribution in [1.29, 1.82) is 0 Å². The summed E-state index contributed by atoms with van der Waals surface area (Å²) < 4.78 is 38.5. The van der Waals surface area contributed by atoms with Crippen LogP contribution in [-0.2, 0) is 19.5 Å². The molecule has 29 heavy (non-hydrogen) atoms. The average Bonchev–Trinajstić information content (AvgIpc) is 2.73. The van der Waals surface area contributed by atoms with Gasteiger partial charge in [-0.05, 0) is 36.8 Å². The number of hydrogen-bond acceptors (Lipinski definition) is 6. The Balaban J connectivity index is 1.94. The second-order valence-corrected chi connectivity index (χ2v) is 8.18. The number of nitrogens with zero attached hydrogens (tertiary/aromatic N) is 1. The van der Waals surface area contributed by atoms with Crippen molar-refractivity contribution in [3.63, 3.8) is 0 Å². The fourth-order valence-electron chi connectivity index (χ4n) is 3.03. The summed E-state index contributed by atoms with van der Waals surface area (Å²) in [4.78, 5) is 26.2. The summed E-state index contributed by atoms with van der Waals surface area (Å²) in [6.45, 7) is 3.40. The van der Waals surface area contributed by atoms with Gasteiger partial charge in [0.2, 0.25) is 0 Å². The lowest BCUT2D eigenvalue weighted by molar-refractivity contribution is 0.0303. The van der Waals surface area contributed by atoms with Crippen LogP contribution in [0.4, 0.5) is 5.69 Å². The highest BCUT2D eigenvalue weighted by molar-refractivity contribution is 7.92. The maximum absolute atomic E-state index is 13.0. The molecule has 1 amide bonds. The van der Waals surface area contributed by atoms with Crippen LogP contribution < -0.4 is 4.72 Å². The standard InChI is InChI=1S/C20H22N2O6S/c1-14-7-8-15(20(24)27-2)13-18(14)29(25,26)21-17-6-4-3-5-16(17)19(23)22-9-11-28-12-10-22/h3-8,13,21H,9-12H2,1-2H3. The van der Waals surface area contributed by atoms with Crippen LogP contribution in [0, 0.1) is 6.92 Å². The Morgan fingerprint density at radius 3 is 2.48 bits per heavy atom. The highest BCUT2D eigenvalue weighted by Crippen LogP contribution is 2.24. The van der Waals surface area contributed by atoms with Crippen molar-refractivity contribution in [2.75, 3.05) is 38.1 Å². The number of sulfonamides is 1. The molecule has 0 unspecified atom stereocenters. The zero-order valence-electron chi connectivity index (χ0n) is 16.2. The van der Waals surface area contributed by atoms with E-state index >= 15 is 0 Å². The van der Waals surface area contributed by atoms with Gasteiger partial charge in [0.25, 0.3) is 15.9 Å². The van der Waals surface area contributed by atoms with Crippen molar-refractivity contribution in [1.82, 2.24) is 4.90 Å². The van der Waals surface area contributed by atoms with Crippen molar-refractivity contribution in [3.8, 4) is 0 Å². The van der Waals surface area contributed by atoms with Crippen molar-refractivity contribution >= 4 is 27.6 Å². The largest absolute Gasteiger partial charge is 0.465 e. The third-order valence-corrected chi connectivity index (χ3v) is 6.11. The number of carbonyl (C=O) groups is 2. The number of hydrogen-bond donors (Lipinski definition) is 1. The Hall–Kier alpha value is -2.91. The molecule has 0 atom stereocenters. The van der Waals surface area contributed by atoms with E-state index in [2.05, 4.69) is 9.46 Å². The Morgan fingerprint density at radius 2 is 1.79 bits per heavy atom. The van der Waals surface area contributed by atoms with Crippen LogP contribution in [0.25, 0.3) is 0 Å². The molecule has 1 aliphatic rings. The first-order valence-corrected chi connectivity index (χ1v) is 10.5. The van der Waals surface area contributed by atoms with Gasteiger partial charge in [0.15, 0.2) is 0 Å². The van der Waals surface area contributed by atoms with Gasteiger partial charge in [-0.2, -0.15) is 0 Å². The van der Waals surface area contributed by atoms with E-state index in [4.69, 9.17) is 4.74 Å². The first-order chi connectivity index (χ1) is 13.8. The van der Waals surface area contributed by atoms with Crippen LogP contribution in [0.1, 0.15) is 26.3 Å². The smallest absolute Gasteiger partial charge is 0.337 e. The van der Waals surface area contributed by atoms with Crippen LogP contribution in [-0.4, -0.2) is 58.6 Å². The molecular weight excluding hydrogens is 396 g/mol. The van der Waals surface area contributed by atoms with E-state index in [9.17, 15) is 18.0 Å². The summed E-state index contributed by atoms with van der Waals surface area (Å²) in [6.07, 6.45) is 0. The predicted octanol–water partition coefficient (Wildman–Crippen LogP) is 2.05. The molecule has 1 aliphatic heterocycles. The zero-order valence-corrected chi connectivity index (χ0v) is 17.0. The van der Waals surface area contributed by atoms with Gasteiger partial charge >= 0.3 is 5.97 Å². The van der Waals surface area contributed by atoms with Gasteiger partial charge in [-0.15, -0.1) is 0 Å². The van der Waals surface area contributed by atoms with E-state index in [0.29, 0.717) is 31.9 Å². The Kier molecular flexibility index (Phi) is 6.19. The highest BCUT2D eigenvalue weighted by Gasteiger charge is 2.25. The van der Waals surface area contributed by atoms with Crippen LogP contribution in [0.2, 0.25) is 0 Å². The number of rotatable bonds is 5. The van der Waals surface area contributed by atoms with Gasteiger partial charge in [-0.1, -0.05) is 18.2 Å². The molecule has 0 aliphatic carbocycles. The van der Waals surface area contributed by atoms with E-state index in [0.717, 1.165) is 0 Å². The first kappa shape index (κ1) is 20.8. The fraction of sp³-hybridized carbons (Fsp3) is 0.300. The van der Waals surface area contributed by atoms with Crippen molar-refractivity contribution in [2.24, 2.45) is 0 Å². The van der Waals surface area contributed by atoms with E-state index in [-0.39, 0.29) is 27.6 Å². The third-order valence-electron chi connectivity index (χ3n) is 4.60. The molecule has 154 valence electrons. The van der Waals surface area contributed by atoms with Crippen LogP contribution in [0.3, 0.4) is 0 Å². The van der Waals surface area contributed by atoms with Gasteiger partial charge in [-0.25, -0.2) is 13.2 Å². The third kappa shape index (κ3) is 4.57. The van der Waals surface area contributed by atoms with Crippen LogP contribution in [0.15, 0.2) is 47.4 Å². The summed E-state index contributed by atoms with van der Waals surface area (Å²) in [7, 11) is -2.82. The molecule has 1 saturated heterocycles. The molecule has 1 heterocycles. The number of benzene rings is 2. The molecular formula is C20H22N2O6S. The topological polar surface area (TPSA) is 102 Å². The van der Waals surface area contributed by atoms with Crippen molar-refractivity contribution in [2.45, 2.75) is 11.8 Å². The van der Waals surface area contributed by atoms with Gasteiger partial charge in [-0.3, -0.25) is 9.52 Å². The predicted molar refractivity (Wildman–Crippen MR) is 106 cm³/mol. The summed E-state index contributed by atoms with van der Waals surface area (Å²) in [5, 5.41) is 0. The molecule has 0 aromatic heterocycles. The van der Waals surface area contributed by atoms with Crippen LogP contribution in [0.5, 0.6) is 0 Å². The van der Waals surface area contributed by atoms with Gasteiger partial charge < -0.3 is 14.4 Å². The monoisotopic (exact) mass is 418 g/mol. The molecule has 2 aromatic rings. The number of nitrogens with one attached hydrogen (secondary N) is 1. The summed E-state index contributed by atoms with van der Waals surface area (Å²) in [6, 6.07) is 10.7. The van der Waals surface area contributed by atoms with Crippen molar-refractivity contribution in [3.05, 3.63) is 59.2 Å². The average molecular weight is 418 g/mol. The lowest BCUT2D eigenvalue weighted by Gasteiger charge is -2.27. The number of carbonyl (C=O) groups excluding carboxylic acids is 2. The van der Waals surface area contributed by atoms with Gasteiger partial charge in [0, 0.05) is 13.1 Å². The number of ether oxygens (including phenoxy) is 2. The molecule has 8 nitrogen and oxygen atoms in total. The number of para-hydroxylation sites is 1. The van der Waals surface area contributed by atoms with E-state index in [1.54, 1.807) is 30.0 Å². The minimum atomic E-state index is -4.05. The SMILES string of the molecule is COC(=O)c1ccc(C)c(S(=O)(=O)Nc2ccccc2C(=O)N2CCOCC2)c1. The normalized spacial score (nSPS) is 14.3. The molecule has 0 bridgehead atoms. The fourth-order valence-corrected chi connectivity index (χ4v) is 4.38. The van der Waals surface area contributed by atoms with E-state index in [1.807, 2.05) is 0 Å². The van der Waals surface area contributed by atoms with E-state index < -0.39 is 16.0 Å². The molecule has 2 aromatic carbocycles. The zero-order chi connectivity index (χ0) is 21.0. The molecule has 0 spiro atoms. The summed E-state index contributed by atoms with van der Waals surface area (Å²) in [5.74, 6) is -0.907. The maximum atomic E-state index is 13.0. The number of amides is 1. The van der Waals surface area contributed by atoms with E-state index in [1.165, 1.54) is 31.4 Å². The summed E-state index contributed by atoms with van der Waals surface area (Å²) >= 11 is 0. The lowest BCUT2D eigenvalue weighted by Crippen LogP contribution is -2.41. The highest BCUT2D eigenvalue weighted by atomic mass is 32.2.